The van der Waals surface area contributed by atoms with E-state index in [-0.39, 0.29) is 6.61 Å². The van der Waals surface area contributed by atoms with Crippen molar-refractivity contribution in [2.45, 2.75) is 30.6 Å². The number of hydrogen-bond donors (Lipinski definition) is 0. The molecule has 0 saturated heterocycles. The lowest BCUT2D eigenvalue weighted by Gasteiger charge is -2.10. The van der Waals surface area contributed by atoms with Crippen LogP contribution in [0.15, 0.2) is 78.0 Å². The van der Waals surface area contributed by atoms with Crippen LogP contribution in [0.25, 0.3) is 11.0 Å². The number of fused-ring (bicyclic) bond motifs is 1. The summed E-state index contributed by atoms with van der Waals surface area (Å²) in [5.41, 5.74) is 3.13. The second-order valence-electron chi connectivity index (χ2n) is 7.37. The van der Waals surface area contributed by atoms with Crippen LogP contribution in [0, 0.1) is 0 Å². The monoisotopic (exact) mass is 470 g/mol. The third kappa shape index (κ3) is 5.39. The van der Waals surface area contributed by atoms with Gasteiger partial charge in [0.05, 0.1) is 35.3 Å². The first-order chi connectivity index (χ1) is 15.8. The number of imidazole rings is 1. The van der Waals surface area contributed by atoms with Crippen LogP contribution >= 0.6 is 11.8 Å². The van der Waals surface area contributed by atoms with Crippen LogP contribution in [-0.4, -0.2) is 22.1 Å². The van der Waals surface area contributed by atoms with Crippen LogP contribution in [0.4, 0.5) is 13.2 Å². The van der Waals surface area contributed by atoms with Gasteiger partial charge in [-0.15, -0.1) is 0 Å². The lowest BCUT2D eigenvalue weighted by Crippen LogP contribution is -2.05. The molecule has 4 rings (SSSR count). The highest BCUT2D eigenvalue weighted by Gasteiger charge is 2.29. The molecule has 33 heavy (non-hydrogen) atoms. The molecule has 0 aliphatic rings. The number of benzene rings is 3. The summed E-state index contributed by atoms with van der Waals surface area (Å²) in [7, 11) is 0. The molecule has 1 aromatic heterocycles. The maximum atomic E-state index is 12.8. The maximum absolute atomic E-state index is 12.8. The Morgan fingerprint density at radius 1 is 1.00 bits per heavy atom. The lowest BCUT2D eigenvalue weighted by atomic mass is 10.1. The van der Waals surface area contributed by atoms with Crippen molar-refractivity contribution >= 4 is 28.8 Å². The van der Waals surface area contributed by atoms with Crippen molar-refractivity contribution in [1.82, 2.24) is 9.55 Å². The summed E-state index contributed by atoms with van der Waals surface area (Å²) < 4.78 is 45.6. The summed E-state index contributed by atoms with van der Waals surface area (Å²) in [6.45, 7) is 2.61. The Labute approximate surface area is 193 Å². The Bertz CT molecular complexity index is 1250. The van der Waals surface area contributed by atoms with Gasteiger partial charge in [-0.2, -0.15) is 13.2 Å². The number of halogens is 3. The van der Waals surface area contributed by atoms with Crippen molar-refractivity contribution in [2.75, 3.05) is 6.61 Å². The number of esters is 1. The first-order valence-electron chi connectivity index (χ1n) is 10.4. The van der Waals surface area contributed by atoms with Crippen LogP contribution in [0.1, 0.15) is 34.0 Å². The molecule has 170 valence electrons. The fourth-order valence-electron chi connectivity index (χ4n) is 3.42. The summed E-state index contributed by atoms with van der Waals surface area (Å²) >= 11 is 1.44. The molecule has 0 saturated carbocycles. The first kappa shape index (κ1) is 22.9. The van der Waals surface area contributed by atoms with E-state index in [1.807, 2.05) is 41.0 Å². The minimum absolute atomic E-state index is 0.285. The SMILES string of the molecule is CCOC(=O)c1ccc2c(c1)nc(SCc1ccc(C(F)(F)F)cc1)n2Cc1ccccc1. The van der Waals surface area contributed by atoms with E-state index in [1.165, 1.54) is 23.9 Å². The molecule has 0 aliphatic heterocycles. The number of ether oxygens (including phenoxy) is 1. The predicted molar refractivity (Wildman–Crippen MR) is 122 cm³/mol. The van der Waals surface area contributed by atoms with E-state index in [1.54, 1.807) is 19.1 Å². The molecule has 4 nitrogen and oxygen atoms in total. The minimum atomic E-state index is -4.36. The predicted octanol–water partition coefficient (Wildman–Crippen LogP) is 6.57. The topological polar surface area (TPSA) is 44.1 Å². The van der Waals surface area contributed by atoms with Crippen molar-refractivity contribution in [3.63, 3.8) is 0 Å². The van der Waals surface area contributed by atoms with Crippen LogP contribution < -0.4 is 0 Å². The molecule has 0 unspecified atom stereocenters. The molecule has 4 aromatic rings. The molecular formula is C25H21F3N2O2S. The third-order valence-electron chi connectivity index (χ3n) is 5.06. The van der Waals surface area contributed by atoms with Gasteiger partial charge >= 0.3 is 12.1 Å². The van der Waals surface area contributed by atoms with Crippen LogP contribution in [0.5, 0.6) is 0 Å². The molecule has 0 spiro atoms. The molecule has 1 heterocycles. The highest BCUT2D eigenvalue weighted by molar-refractivity contribution is 7.98. The Kier molecular flexibility index (Phi) is 6.74. The van der Waals surface area contributed by atoms with Crippen LogP contribution in [0.3, 0.4) is 0 Å². The van der Waals surface area contributed by atoms with Gasteiger partial charge in [-0.1, -0.05) is 54.2 Å². The highest BCUT2D eigenvalue weighted by atomic mass is 32.2. The largest absolute Gasteiger partial charge is 0.462 e. The standard InChI is InChI=1S/C25H21F3N2O2S/c1-2-32-23(31)19-10-13-22-21(14-19)29-24(30(22)15-17-6-4-3-5-7-17)33-16-18-8-11-20(12-9-18)25(26,27)28/h3-14H,2,15-16H2,1H3. The van der Waals surface area contributed by atoms with E-state index in [0.29, 0.717) is 23.4 Å². The Morgan fingerprint density at radius 2 is 1.73 bits per heavy atom. The molecular weight excluding hydrogens is 449 g/mol. The Hall–Kier alpha value is -3.26. The number of rotatable bonds is 7. The van der Waals surface area contributed by atoms with E-state index in [0.717, 1.165) is 33.9 Å². The highest BCUT2D eigenvalue weighted by Crippen LogP contribution is 2.31. The molecule has 8 heteroatoms. The van der Waals surface area contributed by atoms with Crippen LogP contribution in [-0.2, 0) is 23.2 Å². The van der Waals surface area contributed by atoms with Crippen molar-refractivity contribution in [2.24, 2.45) is 0 Å². The van der Waals surface area contributed by atoms with E-state index in [2.05, 4.69) is 0 Å². The zero-order valence-electron chi connectivity index (χ0n) is 17.8. The summed E-state index contributed by atoms with van der Waals surface area (Å²) in [4.78, 5) is 16.9. The van der Waals surface area contributed by atoms with Gasteiger partial charge in [0.15, 0.2) is 5.16 Å². The van der Waals surface area contributed by atoms with Gasteiger partial charge in [-0.25, -0.2) is 9.78 Å². The minimum Gasteiger partial charge on any atom is -0.462 e. The second kappa shape index (κ2) is 9.70. The normalized spacial score (nSPS) is 11.6. The van der Waals surface area contributed by atoms with E-state index < -0.39 is 17.7 Å². The van der Waals surface area contributed by atoms with Gasteiger partial charge in [0.25, 0.3) is 0 Å². The average molecular weight is 471 g/mol. The quantitative estimate of drug-likeness (QED) is 0.226. The van der Waals surface area contributed by atoms with E-state index >= 15 is 0 Å². The third-order valence-corrected chi connectivity index (χ3v) is 6.10. The summed E-state index contributed by atoms with van der Waals surface area (Å²) in [5.74, 6) is 0.0528. The van der Waals surface area contributed by atoms with E-state index in [9.17, 15) is 18.0 Å². The number of aromatic nitrogens is 2. The van der Waals surface area contributed by atoms with Gasteiger partial charge in [0.1, 0.15) is 0 Å². The number of alkyl halides is 3. The number of carbonyl (C=O) groups excluding carboxylic acids is 1. The van der Waals surface area contributed by atoms with E-state index in [4.69, 9.17) is 9.72 Å². The molecule has 3 aromatic carbocycles. The zero-order valence-corrected chi connectivity index (χ0v) is 18.6. The molecule has 0 fully saturated rings. The van der Waals surface area contributed by atoms with Crippen molar-refractivity contribution in [3.05, 3.63) is 95.1 Å². The summed E-state index contributed by atoms with van der Waals surface area (Å²) in [6, 6.07) is 20.3. The average Bonchev–Trinajstić information content (AvgIpc) is 3.14. The summed E-state index contributed by atoms with van der Waals surface area (Å²) in [6.07, 6.45) is -4.36. The molecule has 0 aliphatic carbocycles. The molecule has 0 amide bonds. The van der Waals surface area contributed by atoms with Crippen molar-refractivity contribution < 1.29 is 22.7 Å². The fraction of sp³-hybridized carbons (Fsp3) is 0.200. The summed E-state index contributed by atoms with van der Waals surface area (Å²) in [5, 5.41) is 0.717. The van der Waals surface area contributed by atoms with Gasteiger partial charge in [0.2, 0.25) is 0 Å². The lowest BCUT2D eigenvalue weighted by molar-refractivity contribution is -0.137. The number of nitrogens with zero attached hydrogens (tertiary/aromatic N) is 2. The fourth-order valence-corrected chi connectivity index (χ4v) is 4.39. The Balaban J connectivity index is 1.64. The first-order valence-corrected chi connectivity index (χ1v) is 11.3. The Morgan fingerprint density at radius 3 is 2.39 bits per heavy atom. The molecule has 0 N–H and O–H groups in total. The maximum Gasteiger partial charge on any atom is 0.416 e. The molecule has 0 atom stereocenters. The zero-order chi connectivity index (χ0) is 23.4. The van der Waals surface area contributed by atoms with Crippen molar-refractivity contribution in [3.8, 4) is 0 Å². The second-order valence-corrected chi connectivity index (χ2v) is 8.32. The smallest absolute Gasteiger partial charge is 0.416 e. The van der Waals surface area contributed by atoms with Gasteiger partial charge < -0.3 is 9.30 Å². The number of thioether (sulfide) groups is 1. The van der Waals surface area contributed by atoms with Gasteiger partial charge in [-0.3, -0.25) is 0 Å². The van der Waals surface area contributed by atoms with Crippen LogP contribution in [0.2, 0.25) is 0 Å². The van der Waals surface area contributed by atoms with Gasteiger partial charge in [-0.05, 0) is 48.4 Å². The molecule has 0 bridgehead atoms. The van der Waals surface area contributed by atoms with Crippen molar-refractivity contribution in [1.29, 1.82) is 0 Å². The number of carbonyl (C=O) groups is 1. The molecule has 0 radical (unpaired) electrons. The van der Waals surface area contributed by atoms with Gasteiger partial charge in [0, 0.05) is 5.75 Å². The number of hydrogen-bond acceptors (Lipinski definition) is 4.